The van der Waals surface area contributed by atoms with Gasteiger partial charge in [0, 0.05) is 12.2 Å². The number of hydrogen-bond donors (Lipinski definition) is 3. The summed E-state index contributed by atoms with van der Waals surface area (Å²) < 4.78 is 26.7. The Kier molecular flexibility index (Phi) is 3.59. The van der Waals surface area contributed by atoms with Crippen LogP contribution < -0.4 is 10.5 Å². The smallest absolute Gasteiger partial charge is 0.244 e. The molecule has 0 saturated carbocycles. The molecule has 0 atom stereocenters. The van der Waals surface area contributed by atoms with Crippen LogP contribution in [0.5, 0.6) is 0 Å². The minimum absolute atomic E-state index is 0.161. The Labute approximate surface area is 112 Å². The van der Waals surface area contributed by atoms with Gasteiger partial charge in [0.25, 0.3) is 0 Å². The highest BCUT2D eigenvalue weighted by molar-refractivity contribution is 7.89. The molecule has 0 unspecified atom stereocenters. The predicted molar refractivity (Wildman–Crippen MR) is 72.9 cm³/mol. The van der Waals surface area contributed by atoms with Crippen LogP contribution in [0.15, 0.2) is 29.3 Å². The van der Waals surface area contributed by atoms with Crippen LogP contribution in [0.25, 0.3) is 0 Å². The molecule has 2 aromatic rings. The molecule has 0 aliphatic rings. The third-order valence-electron chi connectivity index (χ3n) is 3.01. The zero-order valence-electron chi connectivity index (χ0n) is 10.8. The van der Waals surface area contributed by atoms with E-state index < -0.39 is 10.0 Å². The third-order valence-corrected chi connectivity index (χ3v) is 4.53. The van der Waals surface area contributed by atoms with Gasteiger partial charge in [0.2, 0.25) is 10.0 Å². The normalized spacial score (nSPS) is 11.7. The van der Waals surface area contributed by atoms with Crippen molar-refractivity contribution < 1.29 is 8.42 Å². The molecular formula is C12H16N4O2S. The van der Waals surface area contributed by atoms with Gasteiger partial charge < -0.3 is 5.73 Å². The minimum atomic E-state index is -3.56. The Morgan fingerprint density at radius 1 is 1.37 bits per heavy atom. The van der Waals surface area contributed by atoms with E-state index in [4.69, 9.17) is 5.73 Å². The van der Waals surface area contributed by atoms with E-state index in [9.17, 15) is 8.42 Å². The lowest BCUT2D eigenvalue weighted by atomic mass is 10.1. The lowest BCUT2D eigenvalue weighted by molar-refractivity contribution is 0.580. The second-order valence-electron chi connectivity index (χ2n) is 4.32. The number of benzene rings is 1. The van der Waals surface area contributed by atoms with E-state index in [0.717, 1.165) is 11.1 Å². The number of nitrogens with zero attached hydrogens (tertiary/aromatic N) is 1. The number of aromatic nitrogens is 2. The van der Waals surface area contributed by atoms with Crippen molar-refractivity contribution in [2.24, 2.45) is 0 Å². The minimum Gasteiger partial charge on any atom is -0.399 e. The van der Waals surface area contributed by atoms with Crippen LogP contribution in [0.2, 0.25) is 0 Å². The van der Waals surface area contributed by atoms with Gasteiger partial charge in [-0.2, -0.15) is 5.10 Å². The van der Waals surface area contributed by atoms with Crippen LogP contribution in [0.3, 0.4) is 0 Å². The number of sulfonamides is 1. The highest BCUT2D eigenvalue weighted by Crippen LogP contribution is 2.17. The lowest BCUT2D eigenvalue weighted by Crippen LogP contribution is -2.24. The fraction of sp³-hybridized carbons (Fsp3) is 0.250. The number of nitrogens with one attached hydrogen (secondary N) is 2. The maximum atomic E-state index is 12.1. The zero-order valence-corrected chi connectivity index (χ0v) is 11.6. The molecule has 0 spiro atoms. The highest BCUT2D eigenvalue weighted by atomic mass is 32.2. The monoisotopic (exact) mass is 280 g/mol. The maximum Gasteiger partial charge on any atom is 0.244 e. The summed E-state index contributed by atoms with van der Waals surface area (Å²) in [4.78, 5) is 0.161. The van der Waals surface area contributed by atoms with E-state index in [1.165, 1.54) is 6.20 Å². The van der Waals surface area contributed by atoms with Crippen molar-refractivity contribution in [3.8, 4) is 0 Å². The number of aryl methyl sites for hydroxylation is 1. The summed E-state index contributed by atoms with van der Waals surface area (Å²) in [7, 11) is -3.56. The SMILES string of the molecule is Cc1[nH]ncc1S(=O)(=O)NCc1cccc(N)c1C. The number of aromatic amines is 1. The van der Waals surface area contributed by atoms with Crippen molar-refractivity contribution in [3.05, 3.63) is 41.2 Å². The van der Waals surface area contributed by atoms with Crippen LogP contribution in [0.1, 0.15) is 16.8 Å². The topological polar surface area (TPSA) is 101 Å². The average Bonchev–Trinajstić information content (AvgIpc) is 2.78. The van der Waals surface area contributed by atoms with Crippen LogP contribution in [0, 0.1) is 13.8 Å². The number of rotatable bonds is 4. The molecule has 4 N–H and O–H groups in total. The molecule has 0 aliphatic carbocycles. The molecule has 0 saturated heterocycles. The fourth-order valence-electron chi connectivity index (χ4n) is 1.76. The molecule has 102 valence electrons. The van der Waals surface area contributed by atoms with Gasteiger partial charge in [-0.15, -0.1) is 0 Å². The number of H-pyrrole nitrogens is 1. The molecule has 1 heterocycles. The molecule has 2 rings (SSSR count). The summed E-state index contributed by atoms with van der Waals surface area (Å²) in [5.74, 6) is 0. The number of nitrogens with two attached hydrogens (primary N) is 1. The molecule has 0 bridgehead atoms. The van der Waals surface area contributed by atoms with Crippen LogP contribution in [0.4, 0.5) is 5.69 Å². The van der Waals surface area contributed by atoms with Gasteiger partial charge in [-0.25, -0.2) is 13.1 Å². The van der Waals surface area contributed by atoms with Crippen LogP contribution >= 0.6 is 0 Å². The second-order valence-corrected chi connectivity index (χ2v) is 6.05. The molecule has 7 heteroatoms. The number of anilines is 1. The van der Waals surface area contributed by atoms with Gasteiger partial charge in [-0.05, 0) is 31.0 Å². The summed E-state index contributed by atoms with van der Waals surface area (Å²) in [6, 6.07) is 5.43. The zero-order chi connectivity index (χ0) is 14.0. The van der Waals surface area contributed by atoms with Gasteiger partial charge in [-0.3, -0.25) is 5.10 Å². The maximum absolute atomic E-state index is 12.1. The summed E-state index contributed by atoms with van der Waals surface area (Å²) in [5, 5.41) is 6.31. The van der Waals surface area contributed by atoms with Gasteiger partial charge in [-0.1, -0.05) is 12.1 Å². The first-order valence-electron chi connectivity index (χ1n) is 5.75. The van der Waals surface area contributed by atoms with Gasteiger partial charge in [0.1, 0.15) is 4.90 Å². The number of nitrogen functional groups attached to an aromatic ring is 1. The Balaban J connectivity index is 2.19. The molecule has 6 nitrogen and oxygen atoms in total. The standard InChI is InChI=1S/C12H16N4O2S/c1-8-10(4-3-5-11(8)13)6-15-19(17,18)12-7-14-16-9(12)2/h3-5,7,15H,6,13H2,1-2H3,(H,14,16). The quantitative estimate of drug-likeness (QED) is 0.730. The Bertz CT molecular complexity index is 692. The molecule has 0 radical (unpaired) electrons. The summed E-state index contributed by atoms with van der Waals surface area (Å²) in [6.07, 6.45) is 1.30. The molecule has 19 heavy (non-hydrogen) atoms. The van der Waals surface area contributed by atoms with E-state index in [1.54, 1.807) is 19.1 Å². The van der Waals surface area contributed by atoms with Crippen molar-refractivity contribution in [2.75, 3.05) is 5.73 Å². The second kappa shape index (κ2) is 5.02. The number of hydrogen-bond acceptors (Lipinski definition) is 4. The van der Waals surface area contributed by atoms with Crippen LogP contribution in [-0.2, 0) is 16.6 Å². The first-order chi connectivity index (χ1) is 8.92. The van der Waals surface area contributed by atoms with Gasteiger partial charge in [0.05, 0.1) is 11.9 Å². The molecule has 0 amide bonds. The fourth-order valence-corrected chi connectivity index (χ4v) is 2.90. The molecular weight excluding hydrogens is 264 g/mol. The van der Waals surface area contributed by atoms with Crippen LogP contribution in [-0.4, -0.2) is 18.6 Å². The Hall–Kier alpha value is -1.86. The van der Waals surface area contributed by atoms with Gasteiger partial charge >= 0.3 is 0 Å². The average molecular weight is 280 g/mol. The summed E-state index contributed by atoms with van der Waals surface area (Å²) >= 11 is 0. The molecule has 1 aromatic carbocycles. The Morgan fingerprint density at radius 2 is 2.11 bits per heavy atom. The van der Waals surface area contributed by atoms with E-state index in [1.807, 2.05) is 13.0 Å². The van der Waals surface area contributed by atoms with E-state index in [-0.39, 0.29) is 11.4 Å². The predicted octanol–water partition coefficient (Wildman–Crippen LogP) is 1.09. The van der Waals surface area contributed by atoms with E-state index in [0.29, 0.717) is 11.4 Å². The van der Waals surface area contributed by atoms with E-state index in [2.05, 4.69) is 14.9 Å². The molecule has 1 aromatic heterocycles. The van der Waals surface area contributed by atoms with Crippen molar-refractivity contribution in [1.82, 2.24) is 14.9 Å². The summed E-state index contributed by atoms with van der Waals surface area (Å²) in [5.41, 5.74) is 8.68. The van der Waals surface area contributed by atoms with E-state index >= 15 is 0 Å². The first-order valence-corrected chi connectivity index (χ1v) is 7.24. The van der Waals surface area contributed by atoms with Crippen molar-refractivity contribution >= 4 is 15.7 Å². The molecule has 0 aliphatic heterocycles. The van der Waals surface area contributed by atoms with Gasteiger partial charge in [0.15, 0.2) is 0 Å². The molecule has 0 fully saturated rings. The highest BCUT2D eigenvalue weighted by Gasteiger charge is 2.18. The first kappa shape index (κ1) is 13.6. The van der Waals surface area contributed by atoms with Crippen molar-refractivity contribution in [2.45, 2.75) is 25.3 Å². The lowest BCUT2D eigenvalue weighted by Gasteiger charge is -2.10. The largest absolute Gasteiger partial charge is 0.399 e. The van der Waals surface area contributed by atoms with Crippen molar-refractivity contribution in [1.29, 1.82) is 0 Å². The summed E-state index contributed by atoms with van der Waals surface area (Å²) in [6.45, 7) is 3.72. The van der Waals surface area contributed by atoms with Crippen molar-refractivity contribution in [3.63, 3.8) is 0 Å². The Morgan fingerprint density at radius 3 is 2.74 bits per heavy atom. The third kappa shape index (κ3) is 2.77.